The SMILES string of the molecule is CC[C@H](C)[C@@H](NC(=O)[C@@H](O)Cc1ccc(O)c(Cl)c1)C(=O)N1[C@H](C(=O)NCCCCN=C(N)N)C[C@@H]2CC[C@@H](O)C[C@@H]21. The van der Waals surface area contributed by atoms with E-state index < -0.39 is 36.1 Å². The molecule has 3 rings (SSSR count). The fraction of sp³-hybridized carbons (Fsp3) is 0.655. The largest absolute Gasteiger partial charge is 0.506 e. The number of phenolic OH excluding ortho intramolecular Hbond substituents is 1. The summed E-state index contributed by atoms with van der Waals surface area (Å²) in [5.74, 6) is -1.71. The molecule has 2 aliphatic rings. The third-order valence-corrected chi connectivity index (χ3v) is 8.71. The lowest BCUT2D eigenvalue weighted by Gasteiger charge is -2.38. The second-order valence-corrected chi connectivity index (χ2v) is 11.9. The minimum atomic E-state index is -1.47. The fourth-order valence-corrected chi connectivity index (χ4v) is 6.05. The van der Waals surface area contributed by atoms with Gasteiger partial charge in [0.15, 0.2) is 5.96 Å². The molecule has 0 bridgehead atoms. The smallest absolute Gasteiger partial charge is 0.249 e. The van der Waals surface area contributed by atoms with E-state index in [0.29, 0.717) is 63.6 Å². The number of fused-ring (bicyclic) bond motifs is 1. The lowest BCUT2D eigenvalue weighted by atomic mass is 9.83. The first-order chi connectivity index (χ1) is 19.9. The normalized spacial score (nSPS) is 23.8. The van der Waals surface area contributed by atoms with Crippen LogP contribution in [0.5, 0.6) is 5.75 Å². The Morgan fingerprint density at radius 1 is 1.19 bits per heavy atom. The van der Waals surface area contributed by atoms with Crippen LogP contribution in [0.1, 0.15) is 64.4 Å². The molecule has 3 amide bonds. The van der Waals surface area contributed by atoms with Gasteiger partial charge in [-0.25, -0.2) is 0 Å². The van der Waals surface area contributed by atoms with Crippen molar-refractivity contribution in [1.82, 2.24) is 15.5 Å². The maximum Gasteiger partial charge on any atom is 0.249 e. The van der Waals surface area contributed by atoms with Gasteiger partial charge in [0, 0.05) is 25.6 Å². The summed E-state index contributed by atoms with van der Waals surface area (Å²) >= 11 is 5.96. The molecule has 1 aromatic carbocycles. The van der Waals surface area contributed by atoms with Crippen LogP contribution in [0.4, 0.5) is 0 Å². The number of unbranched alkanes of at least 4 members (excludes halogenated alkanes) is 1. The number of halogens is 1. The topological polar surface area (TPSA) is 204 Å². The summed E-state index contributed by atoms with van der Waals surface area (Å²) in [4.78, 5) is 46.2. The Morgan fingerprint density at radius 2 is 1.93 bits per heavy atom. The van der Waals surface area contributed by atoms with Gasteiger partial charge in [-0.1, -0.05) is 37.9 Å². The third kappa shape index (κ3) is 8.71. The fourth-order valence-electron chi connectivity index (χ4n) is 5.85. The standard InChI is InChI=1S/C29H45ClN6O6/c1-3-16(2)25(35-27(41)24(39)13-17-6-9-23(38)20(30)12-17)28(42)36-21-15-19(37)8-7-18(21)14-22(36)26(40)33-10-4-5-11-34-29(31)32/h6,9,12,16,18-19,21-22,24-25,37-39H,3-5,7-8,10-11,13-15H2,1-2H3,(H,33,40)(H,35,41)(H4,31,32,34)/t16-,18-,19+,21-,22-,24-,25+/m0/s1. The molecule has 13 heteroatoms. The van der Waals surface area contributed by atoms with Crippen molar-refractivity contribution in [2.45, 2.75) is 95.5 Å². The van der Waals surface area contributed by atoms with Crippen molar-refractivity contribution >= 4 is 35.3 Å². The maximum absolute atomic E-state index is 14.2. The Balaban J connectivity index is 1.74. The number of nitrogens with one attached hydrogen (secondary N) is 2. The van der Waals surface area contributed by atoms with Crippen molar-refractivity contribution in [3.8, 4) is 5.75 Å². The average Bonchev–Trinajstić information content (AvgIpc) is 3.33. The summed E-state index contributed by atoms with van der Waals surface area (Å²) in [5, 5.41) is 36.5. The number of aliphatic hydroxyl groups is 2. The quantitative estimate of drug-likeness (QED) is 0.0966. The van der Waals surface area contributed by atoms with Gasteiger partial charge in [0.25, 0.3) is 0 Å². The molecule has 2 fully saturated rings. The predicted molar refractivity (Wildman–Crippen MR) is 160 cm³/mol. The van der Waals surface area contributed by atoms with Crippen LogP contribution in [0.2, 0.25) is 5.02 Å². The molecule has 0 radical (unpaired) electrons. The molecule has 1 heterocycles. The summed E-state index contributed by atoms with van der Waals surface area (Å²) in [5.41, 5.74) is 11.2. The van der Waals surface area contributed by atoms with Crippen LogP contribution >= 0.6 is 11.6 Å². The Hall–Kier alpha value is -3.09. The summed E-state index contributed by atoms with van der Waals surface area (Å²) < 4.78 is 0. The Morgan fingerprint density at radius 3 is 2.60 bits per heavy atom. The number of aromatic hydroxyl groups is 1. The molecule has 1 saturated heterocycles. The summed E-state index contributed by atoms with van der Waals surface area (Å²) in [6, 6.07) is 2.36. The van der Waals surface area contributed by atoms with Gasteiger partial charge in [-0.15, -0.1) is 0 Å². The Bertz CT molecular complexity index is 1130. The van der Waals surface area contributed by atoms with Gasteiger partial charge >= 0.3 is 0 Å². The number of amides is 3. The van der Waals surface area contributed by atoms with Crippen molar-refractivity contribution in [2.24, 2.45) is 28.3 Å². The Kier molecular flexibility index (Phi) is 12.3. The number of rotatable bonds is 13. The molecule has 12 nitrogen and oxygen atoms in total. The average molecular weight is 609 g/mol. The van der Waals surface area contributed by atoms with Gasteiger partial charge in [0.2, 0.25) is 17.7 Å². The molecule has 234 valence electrons. The number of hydrogen-bond acceptors (Lipinski definition) is 7. The van der Waals surface area contributed by atoms with E-state index >= 15 is 0 Å². The molecule has 1 saturated carbocycles. The number of likely N-dealkylation sites (tertiary alicyclic amines) is 1. The minimum absolute atomic E-state index is 0.0177. The highest BCUT2D eigenvalue weighted by atomic mass is 35.5. The van der Waals surface area contributed by atoms with E-state index in [-0.39, 0.29) is 46.9 Å². The van der Waals surface area contributed by atoms with E-state index in [1.807, 2.05) is 13.8 Å². The molecule has 0 spiro atoms. The molecule has 0 unspecified atom stereocenters. The van der Waals surface area contributed by atoms with Crippen LogP contribution in [0.15, 0.2) is 23.2 Å². The van der Waals surface area contributed by atoms with Gasteiger partial charge < -0.3 is 42.3 Å². The number of carbonyl (C=O) groups is 3. The van der Waals surface area contributed by atoms with Crippen LogP contribution in [0, 0.1) is 11.8 Å². The van der Waals surface area contributed by atoms with E-state index in [0.717, 1.165) is 0 Å². The first-order valence-electron chi connectivity index (χ1n) is 14.7. The molecule has 1 aromatic rings. The molecule has 7 atom stereocenters. The highest BCUT2D eigenvalue weighted by Gasteiger charge is 2.50. The number of benzene rings is 1. The summed E-state index contributed by atoms with van der Waals surface area (Å²) in [6.45, 7) is 4.59. The molecular weight excluding hydrogens is 564 g/mol. The van der Waals surface area contributed by atoms with Gasteiger partial charge in [-0.2, -0.15) is 0 Å². The van der Waals surface area contributed by atoms with Crippen LogP contribution in [-0.4, -0.2) is 87.3 Å². The van der Waals surface area contributed by atoms with Crippen molar-refractivity contribution in [3.05, 3.63) is 28.8 Å². The van der Waals surface area contributed by atoms with E-state index in [9.17, 15) is 29.7 Å². The van der Waals surface area contributed by atoms with E-state index in [2.05, 4.69) is 15.6 Å². The molecule has 1 aliphatic carbocycles. The molecular formula is C29H45ClN6O6. The summed E-state index contributed by atoms with van der Waals surface area (Å²) in [6.07, 6.45) is 1.96. The van der Waals surface area contributed by atoms with Crippen LogP contribution < -0.4 is 22.1 Å². The second-order valence-electron chi connectivity index (χ2n) is 11.5. The van der Waals surface area contributed by atoms with Crippen LogP contribution in [0.25, 0.3) is 0 Å². The monoisotopic (exact) mass is 608 g/mol. The molecule has 9 N–H and O–H groups in total. The number of aliphatic imine (C=N–C) groups is 1. The zero-order chi connectivity index (χ0) is 31.0. The highest BCUT2D eigenvalue weighted by Crippen LogP contribution is 2.40. The van der Waals surface area contributed by atoms with E-state index in [1.165, 1.54) is 12.1 Å². The number of nitrogens with two attached hydrogens (primary N) is 2. The lowest BCUT2D eigenvalue weighted by Crippen LogP contribution is -2.59. The zero-order valence-corrected chi connectivity index (χ0v) is 25.1. The van der Waals surface area contributed by atoms with Gasteiger partial charge in [0.1, 0.15) is 23.9 Å². The van der Waals surface area contributed by atoms with Crippen molar-refractivity contribution in [1.29, 1.82) is 0 Å². The Labute approximate surface area is 251 Å². The number of phenols is 1. The highest BCUT2D eigenvalue weighted by molar-refractivity contribution is 6.32. The predicted octanol–water partition coefficient (Wildman–Crippen LogP) is 0.780. The van der Waals surface area contributed by atoms with Gasteiger partial charge in [0.05, 0.1) is 11.1 Å². The molecule has 0 aromatic heterocycles. The number of guanidine groups is 1. The van der Waals surface area contributed by atoms with Gasteiger partial charge in [-0.05, 0) is 68.1 Å². The van der Waals surface area contributed by atoms with E-state index in [1.54, 1.807) is 11.0 Å². The number of nitrogens with zero attached hydrogens (tertiary/aromatic N) is 2. The van der Waals surface area contributed by atoms with Crippen molar-refractivity contribution < 1.29 is 29.7 Å². The first kappa shape index (κ1) is 33.4. The minimum Gasteiger partial charge on any atom is -0.506 e. The van der Waals surface area contributed by atoms with Crippen LogP contribution in [-0.2, 0) is 20.8 Å². The number of hydrogen-bond donors (Lipinski definition) is 7. The summed E-state index contributed by atoms with van der Waals surface area (Å²) in [7, 11) is 0. The third-order valence-electron chi connectivity index (χ3n) is 8.40. The van der Waals surface area contributed by atoms with Gasteiger partial charge in [-0.3, -0.25) is 19.4 Å². The van der Waals surface area contributed by atoms with Crippen LogP contribution in [0.3, 0.4) is 0 Å². The lowest BCUT2D eigenvalue weighted by molar-refractivity contribution is -0.146. The number of carbonyl (C=O) groups excluding carboxylic acids is 3. The number of aliphatic hydroxyl groups excluding tert-OH is 2. The second kappa shape index (κ2) is 15.4. The van der Waals surface area contributed by atoms with E-state index in [4.69, 9.17) is 23.1 Å². The van der Waals surface area contributed by atoms with Crippen molar-refractivity contribution in [3.63, 3.8) is 0 Å². The molecule has 1 aliphatic heterocycles. The maximum atomic E-state index is 14.2. The van der Waals surface area contributed by atoms with Crippen molar-refractivity contribution in [2.75, 3.05) is 13.1 Å². The zero-order valence-electron chi connectivity index (χ0n) is 24.3. The molecule has 42 heavy (non-hydrogen) atoms. The first-order valence-corrected chi connectivity index (χ1v) is 15.1.